The Balaban J connectivity index is 1.48. The van der Waals surface area contributed by atoms with Crippen molar-refractivity contribution in [3.63, 3.8) is 0 Å². The number of fused-ring (bicyclic) bond motifs is 1. The molecule has 2 aromatic heterocycles. The third-order valence-corrected chi connectivity index (χ3v) is 4.80. The maximum atomic E-state index is 13.1. The molecule has 7 heteroatoms. The van der Waals surface area contributed by atoms with Crippen LogP contribution in [0.2, 0.25) is 0 Å². The summed E-state index contributed by atoms with van der Waals surface area (Å²) in [6.07, 6.45) is 0. The zero-order valence-corrected chi connectivity index (χ0v) is 15.6. The second-order valence-corrected chi connectivity index (χ2v) is 7.33. The van der Waals surface area contributed by atoms with Gasteiger partial charge in [0.05, 0.1) is 11.1 Å². The van der Waals surface area contributed by atoms with Gasteiger partial charge >= 0.3 is 0 Å². The number of halogens is 1. The first kappa shape index (κ1) is 17.9. The van der Waals surface area contributed by atoms with Gasteiger partial charge in [-0.25, -0.2) is 4.39 Å². The summed E-state index contributed by atoms with van der Waals surface area (Å²) in [5.41, 5.74) is 8.91. The van der Waals surface area contributed by atoms with Crippen LogP contribution in [-0.2, 0) is 5.41 Å². The Morgan fingerprint density at radius 3 is 2.54 bits per heavy atom. The van der Waals surface area contributed by atoms with Gasteiger partial charge in [0.1, 0.15) is 11.6 Å². The Hall–Kier alpha value is -3.48. The second kappa shape index (κ2) is 6.92. The molecule has 0 spiro atoms. The summed E-state index contributed by atoms with van der Waals surface area (Å²) >= 11 is 0. The maximum Gasteiger partial charge on any atom is 0.174 e. The maximum absolute atomic E-state index is 13.1. The lowest BCUT2D eigenvalue weighted by atomic mass is 9.84. The van der Waals surface area contributed by atoms with E-state index in [1.54, 1.807) is 12.1 Å². The van der Waals surface area contributed by atoms with Crippen LogP contribution in [-0.4, -0.2) is 21.9 Å². The number of hydrogen-bond donors (Lipinski definition) is 2. The van der Waals surface area contributed by atoms with Gasteiger partial charge in [-0.15, -0.1) is 10.2 Å². The summed E-state index contributed by atoms with van der Waals surface area (Å²) in [6, 6.07) is 15.9. The van der Waals surface area contributed by atoms with Crippen LogP contribution in [0.25, 0.3) is 22.2 Å². The minimum atomic E-state index is -0.236. The van der Waals surface area contributed by atoms with E-state index in [0.717, 1.165) is 22.2 Å². The topological polar surface area (TPSA) is 89.9 Å². The van der Waals surface area contributed by atoms with E-state index < -0.39 is 0 Å². The summed E-state index contributed by atoms with van der Waals surface area (Å²) in [5.74, 6) is 0.788. The van der Waals surface area contributed by atoms with Crippen molar-refractivity contribution in [3.8, 4) is 11.3 Å². The first-order chi connectivity index (χ1) is 13.4. The molecule has 4 rings (SSSR count). The van der Waals surface area contributed by atoms with E-state index in [4.69, 9.17) is 10.3 Å². The fraction of sp³-hybridized carbons (Fsp3) is 0.190. The summed E-state index contributed by atoms with van der Waals surface area (Å²) in [5, 5.41) is 16.4. The van der Waals surface area contributed by atoms with E-state index in [2.05, 4.69) is 34.5 Å². The summed E-state index contributed by atoms with van der Waals surface area (Å²) in [7, 11) is 0. The van der Waals surface area contributed by atoms with Crippen LogP contribution in [0.5, 0.6) is 0 Å². The Morgan fingerprint density at radius 1 is 1.04 bits per heavy atom. The van der Waals surface area contributed by atoms with Crippen LogP contribution in [0.1, 0.15) is 19.4 Å². The van der Waals surface area contributed by atoms with Gasteiger partial charge in [0.2, 0.25) is 0 Å². The molecular weight excluding hydrogens is 357 g/mol. The minimum Gasteiger partial charge on any atom is -0.380 e. The fourth-order valence-corrected chi connectivity index (χ4v) is 3.01. The van der Waals surface area contributed by atoms with Gasteiger partial charge in [-0.3, -0.25) is 0 Å². The van der Waals surface area contributed by atoms with Gasteiger partial charge in [0.15, 0.2) is 11.4 Å². The molecule has 3 N–H and O–H groups in total. The quantitative estimate of drug-likeness (QED) is 0.536. The molecule has 0 saturated carbocycles. The fourth-order valence-electron chi connectivity index (χ4n) is 3.01. The van der Waals surface area contributed by atoms with E-state index in [9.17, 15) is 4.39 Å². The molecule has 0 unspecified atom stereocenters. The summed E-state index contributed by atoms with van der Waals surface area (Å²) in [6.45, 7) is 4.82. The van der Waals surface area contributed by atoms with Gasteiger partial charge in [0, 0.05) is 17.5 Å². The number of benzene rings is 2. The van der Waals surface area contributed by atoms with Crippen molar-refractivity contribution in [1.29, 1.82) is 0 Å². The van der Waals surface area contributed by atoms with Crippen molar-refractivity contribution >= 4 is 22.6 Å². The van der Waals surface area contributed by atoms with Crippen molar-refractivity contribution in [2.24, 2.45) is 0 Å². The number of anilines is 2. The monoisotopic (exact) mass is 377 g/mol. The molecule has 142 valence electrons. The van der Waals surface area contributed by atoms with E-state index in [0.29, 0.717) is 23.8 Å². The summed E-state index contributed by atoms with van der Waals surface area (Å²) < 4.78 is 18.3. The lowest BCUT2D eigenvalue weighted by Gasteiger charge is -2.25. The summed E-state index contributed by atoms with van der Waals surface area (Å²) in [4.78, 5) is 0. The molecule has 0 atom stereocenters. The smallest absolute Gasteiger partial charge is 0.174 e. The standard InChI is InChI=1S/C21H20FN5O/c1-21(2,14-4-6-15(22)7-5-14)12-24-19-10-8-17(25-26-19)13-3-9-18-16(11-13)20(23)27-28-18/h3-11H,12H2,1-2H3,(H2,23,27)(H,24,26). The number of aromatic nitrogens is 3. The first-order valence-electron chi connectivity index (χ1n) is 8.91. The van der Waals surface area contributed by atoms with Gasteiger partial charge in [-0.2, -0.15) is 0 Å². The predicted molar refractivity (Wildman–Crippen MR) is 107 cm³/mol. The second-order valence-electron chi connectivity index (χ2n) is 7.33. The average Bonchev–Trinajstić information content (AvgIpc) is 3.07. The minimum absolute atomic E-state index is 0.190. The molecule has 4 aromatic rings. The number of hydrogen-bond acceptors (Lipinski definition) is 6. The van der Waals surface area contributed by atoms with Crippen LogP contribution in [0.3, 0.4) is 0 Å². The normalized spacial score (nSPS) is 11.7. The third kappa shape index (κ3) is 3.51. The highest BCUT2D eigenvalue weighted by molar-refractivity contribution is 5.90. The molecule has 6 nitrogen and oxygen atoms in total. The molecular formula is C21H20FN5O. The molecule has 0 amide bonds. The molecule has 0 saturated heterocycles. The Labute approximate surface area is 161 Å². The molecule has 0 bridgehead atoms. The van der Waals surface area contributed by atoms with E-state index >= 15 is 0 Å². The molecule has 2 heterocycles. The highest BCUT2D eigenvalue weighted by atomic mass is 19.1. The van der Waals surface area contributed by atoms with Crippen LogP contribution in [0.15, 0.2) is 59.1 Å². The molecule has 0 aliphatic heterocycles. The van der Waals surface area contributed by atoms with E-state index in [-0.39, 0.29) is 11.2 Å². The van der Waals surface area contributed by atoms with Crippen molar-refractivity contribution in [2.45, 2.75) is 19.3 Å². The lowest BCUT2D eigenvalue weighted by Crippen LogP contribution is -2.28. The van der Waals surface area contributed by atoms with Gasteiger partial charge in [0.25, 0.3) is 0 Å². The predicted octanol–water partition coefficient (Wildman–Crippen LogP) is 4.40. The third-order valence-electron chi connectivity index (χ3n) is 4.80. The SMILES string of the molecule is CC(C)(CNc1ccc(-c2ccc3onc(N)c3c2)nn1)c1ccc(F)cc1. The number of nitrogens with two attached hydrogens (primary N) is 1. The Morgan fingerprint density at radius 2 is 1.82 bits per heavy atom. The number of nitrogen functional groups attached to an aromatic ring is 1. The van der Waals surface area contributed by atoms with E-state index in [1.807, 2.05) is 30.3 Å². The Kier molecular flexibility index (Phi) is 4.43. The molecule has 0 aliphatic rings. The van der Waals surface area contributed by atoms with Crippen LogP contribution in [0, 0.1) is 5.82 Å². The molecule has 0 fully saturated rings. The number of rotatable bonds is 5. The zero-order valence-electron chi connectivity index (χ0n) is 15.6. The van der Waals surface area contributed by atoms with Crippen molar-refractivity contribution in [3.05, 3.63) is 66.0 Å². The number of nitrogens with zero attached hydrogens (tertiary/aromatic N) is 3. The van der Waals surface area contributed by atoms with E-state index in [1.165, 1.54) is 12.1 Å². The molecule has 28 heavy (non-hydrogen) atoms. The first-order valence-corrected chi connectivity index (χ1v) is 8.91. The largest absolute Gasteiger partial charge is 0.380 e. The Bertz CT molecular complexity index is 1100. The van der Waals surface area contributed by atoms with Crippen LogP contribution < -0.4 is 11.1 Å². The van der Waals surface area contributed by atoms with Crippen LogP contribution in [0.4, 0.5) is 16.0 Å². The molecule has 0 aliphatic carbocycles. The molecule has 2 aromatic carbocycles. The van der Waals surface area contributed by atoms with Crippen LogP contribution >= 0.6 is 0 Å². The average molecular weight is 377 g/mol. The zero-order chi connectivity index (χ0) is 19.7. The van der Waals surface area contributed by atoms with Crippen molar-refractivity contribution in [1.82, 2.24) is 15.4 Å². The lowest BCUT2D eigenvalue weighted by molar-refractivity contribution is 0.460. The van der Waals surface area contributed by atoms with Gasteiger partial charge < -0.3 is 15.6 Å². The highest BCUT2D eigenvalue weighted by Crippen LogP contribution is 2.27. The number of nitrogens with one attached hydrogen (secondary N) is 1. The molecule has 0 radical (unpaired) electrons. The van der Waals surface area contributed by atoms with Gasteiger partial charge in [-0.1, -0.05) is 31.1 Å². The van der Waals surface area contributed by atoms with Crippen molar-refractivity contribution in [2.75, 3.05) is 17.6 Å². The van der Waals surface area contributed by atoms with Gasteiger partial charge in [-0.05, 0) is 48.0 Å². The van der Waals surface area contributed by atoms with Crippen molar-refractivity contribution < 1.29 is 8.91 Å². The highest BCUT2D eigenvalue weighted by Gasteiger charge is 2.20.